The molecule has 3 aromatic carbocycles. The number of aromatic hydroxyl groups is 1. The predicted octanol–water partition coefficient (Wildman–Crippen LogP) is 6.50. The summed E-state index contributed by atoms with van der Waals surface area (Å²) in [4.78, 5) is 19.7. The summed E-state index contributed by atoms with van der Waals surface area (Å²) < 4.78 is 7.83. The van der Waals surface area contributed by atoms with Gasteiger partial charge in [0, 0.05) is 18.4 Å². The second-order valence-corrected chi connectivity index (χ2v) is 10.1. The van der Waals surface area contributed by atoms with Crippen LogP contribution < -0.4 is 10.3 Å². The molecule has 0 spiro atoms. The number of hydrogen-bond acceptors (Lipinski definition) is 5. The molecule has 1 N–H and O–H groups in total. The molecule has 0 fully saturated rings. The van der Waals surface area contributed by atoms with Crippen molar-refractivity contribution in [2.24, 2.45) is 0 Å². The van der Waals surface area contributed by atoms with Gasteiger partial charge < -0.3 is 9.84 Å². The molecule has 0 unspecified atom stereocenters. The van der Waals surface area contributed by atoms with Crippen LogP contribution in [0.4, 0.5) is 0 Å². The lowest BCUT2D eigenvalue weighted by Crippen LogP contribution is -2.26. The molecule has 0 aliphatic rings. The number of ether oxygens (including phenoxy) is 1. The molecule has 0 atom stereocenters. The highest BCUT2D eigenvalue weighted by molar-refractivity contribution is 7.25. The summed E-state index contributed by atoms with van der Waals surface area (Å²) in [5, 5.41) is 12.2. The Labute approximate surface area is 214 Å². The second-order valence-electron chi connectivity index (χ2n) is 9.12. The fourth-order valence-electron chi connectivity index (χ4n) is 4.65. The maximum atomic E-state index is 14.0. The number of phenolic OH excluding ortho intramolecular Hbond substituents is 1. The quantitative estimate of drug-likeness (QED) is 0.252. The van der Waals surface area contributed by atoms with Crippen molar-refractivity contribution in [1.82, 2.24) is 9.55 Å². The minimum Gasteiger partial charge on any atom is -0.506 e. The fourth-order valence-corrected chi connectivity index (χ4v) is 5.72. The zero-order valence-corrected chi connectivity index (χ0v) is 21.5. The highest BCUT2D eigenvalue weighted by Gasteiger charge is 2.19. The van der Waals surface area contributed by atoms with Crippen LogP contribution in [0.15, 0.2) is 71.5 Å². The van der Waals surface area contributed by atoms with Crippen LogP contribution in [0.25, 0.3) is 20.3 Å². The van der Waals surface area contributed by atoms with Gasteiger partial charge in [-0.3, -0.25) is 9.36 Å². The van der Waals surface area contributed by atoms with Crippen molar-refractivity contribution in [2.75, 3.05) is 7.11 Å². The van der Waals surface area contributed by atoms with E-state index in [1.165, 1.54) is 11.3 Å². The van der Waals surface area contributed by atoms with Gasteiger partial charge in [-0.1, -0.05) is 55.8 Å². The molecule has 6 heteroatoms. The molecule has 0 aliphatic carbocycles. The Balaban J connectivity index is 1.62. The van der Waals surface area contributed by atoms with E-state index in [1.807, 2.05) is 53.1 Å². The summed E-state index contributed by atoms with van der Waals surface area (Å²) in [5.74, 6) is 1.78. The maximum Gasteiger partial charge on any atom is 0.262 e. The van der Waals surface area contributed by atoms with Gasteiger partial charge in [-0.05, 0) is 60.2 Å². The lowest BCUT2D eigenvalue weighted by Gasteiger charge is -2.13. The first-order chi connectivity index (χ1) is 17.6. The van der Waals surface area contributed by atoms with Crippen LogP contribution in [0.3, 0.4) is 0 Å². The van der Waals surface area contributed by atoms with Crippen molar-refractivity contribution >= 4 is 31.6 Å². The van der Waals surface area contributed by atoms with E-state index in [2.05, 4.69) is 25.1 Å². The van der Waals surface area contributed by atoms with Crippen molar-refractivity contribution in [2.45, 2.75) is 45.6 Å². The number of thiophene rings is 1. The first-order valence-corrected chi connectivity index (χ1v) is 13.2. The van der Waals surface area contributed by atoms with Gasteiger partial charge in [0.25, 0.3) is 5.56 Å². The standard InChI is InChI=1S/C30H30N2O3S/c1-3-4-8-22-17-24-27-29(36-28(24)25(33)18-22)31-26(19-21-9-6-5-7-10-21)32(30(27)34)16-15-20-11-13-23(35-2)14-12-20/h5-7,9-14,17-18,33H,3-4,8,15-16,19H2,1-2H3. The van der Waals surface area contributed by atoms with Crippen molar-refractivity contribution < 1.29 is 9.84 Å². The third kappa shape index (κ3) is 4.86. The van der Waals surface area contributed by atoms with Crippen molar-refractivity contribution in [3.05, 3.63) is 99.6 Å². The van der Waals surface area contributed by atoms with Crippen LogP contribution in [-0.2, 0) is 25.8 Å². The molecule has 0 aliphatic heterocycles. The number of hydrogen-bond donors (Lipinski definition) is 1. The average molecular weight is 499 g/mol. The van der Waals surface area contributed by atoms with Gasteiger partial charge in [-0.2, -0.15) is 0 Å². The fraction of sp³-hybridized carbons (Fsp3) is 0.267. The zero-order valence-electron chi connectivity index (χ0n) is 20.7. The van der Waals surface area contributed by atoms with Crippen LogP contribution >= 0.6 is 11.3 Å². The Kier molecular flexibility index (Phi) is 7.05. The molecule has 5 aromatic rings. The lowest BCUT2D eigenvalue weighted by atomic mass is 10.0. The molecule has 5 nitrogen and oxygen atoms in total. The Morgan fingerprint density at radius 1 is 0.972 bits per heavy atom. The van der Waals surface area contributed by atoms with Crippen LogP contribution in [0.5, 0.6) is 11.5 Å². The highest BCUT2D eigenvalue weighted by atomic mass is 32.1. The van der Waals surface area contributed by atoms with Crippen LogP contribution in [-0.4, -0.2) is 21.8 Å². The number of aromatic nitrogens is 2. The SMILES string of the molecule is CCCCc1cc(O)c2sc3nc(Cc4ccccc4)n(CCc4ccc(OC)cc4)c(=O)c3c2c1. The topological polar surface area (TPSA) is 64.3 Å². The van der Waals surface area contributed by atoms with Crippen molar-refractivity contribution in [1.29, 1.82) is 0 Å². The van der Waals surface area contributed by atoms with E-state index in [-0.39, 0.29) is 11.3 Å². The van der Waals surface area contributed by atoms with E-state index in [0.717, 1.165) is 57.6 Å². The summed E-state index contributed by atoms with van der Waals surface area (Å²) in [6.07, 6.45) is 4.26. The van der Waals surface area contributed by atoms with Crippen molar-refractivity contribution in [3.8, 4) is 11.5 Å². The summed E-state index contributed by atoms with van der Waals surface area (Å²) in [5.41, 5.74) is 3.24. The minimum absolute atomic E-state index is 0.0438. The normalized spacial score (nSPS) is 11.4. The molecule has 2 aromatic heterocycles. The third-order valence-corrected chi connectivity index (χ3v) is 7.74. The maximum absolute atomic E-state index is 14.0. The minimum atomic E-state index is -0.0438. The smallest absolute Gasteiger partial charge is 0.262 e. The second kappa shape index (κ2) is 10.5. The Bertz CT molecular complexity index is 1550. The van der Waals surface area contributed by atoms with E-state index < -0.39 is 0 Å². The van der Waals surface area contributed by atoms with Crippen LogP contribution in [0.1, 0.15) is 42.3 Å². The Morgan fingerprint density at radius 2 is 1.75 bits per heavy atom. The molecule has 36 heavy (non-hydrogen) atoms. The summed E-state index contributed by atoms with van der Waals surface area (Å²) in [7, 11) is 1.65. The van der Waals surface area contributed by atoms with Gasteiger partial charge >= 0.3 is 0 Å². The molecule has 0 saturated heterocycles. The van der Waals surface area contributed by atoms with E-state index in [4.69, 9.17) is 9.72 Å². The first kappa shape index (κ1) is 24.1. The number of methoxy groups -OCH3 is 1. The average Bonchev–Trinajstić information content (AvgIpc) is 3.27. The number of phenols is 1. The van der Waals surface area contributed by atoms with Gasteiger partial charge in [0.05, 0.1) is 17.2 Å². The largest absolute Gasteiger partial charge is 0.506 e. The van der Waals surface area contributed by atoms with Gasteiger partial charge in [-0.15, -0.1) is 11.3 Å². The molecule has 0 bridgehead atoms. The Hall–Kier alpha value is -3.64. The van der Waals surface area contributed by atoms with E-state index >= 15 is 0 Å². The monoisotopic (exact) mass is 498 g/mol. The molecule has 0 saturated carbocycles. The molecular weight excluding hydrogens is 468 g/mol. The zero-order chi connectivity index (χ0) is 25.1. The van der Waals surface area contributed by atoms with Crippen LogP contribution in [0, 0.1) is 0 Å². The molecule has 5 rings (SSSR count). The van der Waals surface area contributed by atoms with Gasteiger partial charge in [0.1, 0.15) is 22.2 Å². The highest BCUT2D eigenvalue weighted by Crippen LogP contribution is 2.38. The molecule has 0 radical (unpaired) electrons. The first-order valence-electron chi connectivity index (χ1n) is 12.4. The molecule has 0 amide bonds. The Morgan fingerprint density at radius 3 is 2.47 bits per heavy atom. The number of fused-ring (bicyclic) bond motifs is 3. The van der Waals surface area contributed by atoms with E-state index in [9.17, 15) is 9.90 Å². The van der Waals surface area contributed by atoms with Gasteiger partial charge in [0.2, 0.25) is 0 Å². The predicted molar refractivity (Wildman–Crippen MR) is 148 cm³/mol. The van der Waals surface area contributed by atoms with Gasteiger partial charge in [-0.25, -0.2) is 4.98 Å². The van der Waals surface area contributed by atoms with Crippen molar-refractivity contribution in [3.63, 3.8) is 0 Å². The third-order valence-electron chi connectivity index (χ3n) is 6.62. The molecule has 184 valence electrons. The number of nitrogens with zero attached hydrogens (tertiary/aromatic N) is 2. The number of rotatable bonds is 9. The number of benzene rings is 3. The van der Waals surface area contributed by atoms with E-state index in [0.29, 0.717) is 29.6 Å². The summed E-state index contributed by atoms with van der Waals surface area (Å²) in [6, 6.07) is 22.0. The number of aryl methyl sites for hydroxylation is 2. The van der Waals surface area contributed by atoms with Gasteiger partial charge in [0.15, 0.2) is 0 Å². The van der Waals surface area contributed by atoms with E-state index in [1.54, 1.807) is 7.11 Å². The lowest BCUT2D eigenvalue weighted by molar-refractivity contribution is 0.414. The number of unbranched alkanes of at least 4 members (excludes halogenated alkanes) is 1. The summed E-state index contributed by atoms with van der Waals surface area (Å²) in [6.45, 7) is 2.67. The van der Waals surface area contributed by atoms with Crippen LogP contribution in [0.2, 0.25) is 0 Å². The molecule has 2 heterocycles. The summed E-state index contributed by atoms with van der Waals surface area (Å²) >= 11 is 1.40. The molecular formula is C30H30N2O3S.